The average molecular weight is 242 g/mol. The Bertz CT molecular complexity index is 276. The second-order valence-electron chi connectivity index (χ2n) is 5.45. The van der Waals surface area contributed by atoms with Crippen LogP contribution in [0.3, 0.4) is 0 Å². The van der Waals surface area contributed by atoms with E-state index in [1.165, 1.54) is 0 Å². The third-order valence-electron chi connectivity index (χ3n) is 2.81. The van der Waals surface area contributed by atoms with E-state index in [1.54, 1.807) is 0 Å². The van der Waals surface area contributed by atoms with E-state index in [2.05, 4.69) is 10.6 Å². The van der Waals surface area contributed by atoms with Crippen LogP contribution in [0, 0.1) is 0 Å². The summed E-state index contributed by atoms with van der Waals surface area (Å²) in [6.07, 6.45) is 2.63. The fraction of sp³-hybridized carbons (Fsp3) is 0.833. The van der Waals surface area contributed by atoms with Crippen LogP contribution in [0.15, 0.2) is 0 Å². The molecule has 17 heavy (non-hydrogen) atoms. The molecule has 1 saturated heterocycles. The molecule has 2 N–H and O–H groups in total. The first kappa shape index (κ1) is 14.0. The molecule has 0 aromatic heterocycles. The van der Waals surface area contributed by atoms with Gasteiger partial charge in [0.15, 0.2) is 0 Å². The second-order valence-corrected chi connectivity index (χ2v) is 5.45. The molecule has 0 bridgehead atoms. The van der Waals surface area contributed by atoms with Crippen molar-refractivity contribution < 1.29 is 14.3 Å². The lowest BCUT2D eigenvalue weighted by Gasteiger charge is -2.33. The van der Waals surface area contributed by atoms with Crippen molar-refractivity contribution in [2.75, 3.05) is 13.1 Å². The summed E-state index contributed by atoms with van der Waals surface area (Å²) in [7, 11) is 0. The summed E-state index contributed by atoms with van der Waals surface area (Å²) < 4.78 is 5.40. The Hall–Kier alpha value is -1.10. The van der Waals surface area contributed by atoms with Gasteiger partial charge in [-0.25, -0.2) is 4.79 Å². The number of hydrogen-bond acceptors (Lipinski definition) is 4. The standard InChI is InChI=1S/C12H22N2O3/c1-11(2,3)17-10(16)12(14-9-15)5-4-7-13-8-6-12/h9,13H,4-8H2,1-3H3,(H,14,15). The van der Waals surface area contributed by atoms with Crippen LogP contribution in [0.2, 0.25) is 0 Å². The van der Waals surface area contributed by atoms with E-state index >= 15 is 0 Å². The number of amides is 1. The predicted molar refractivity (Wildman–Crippen MR) is 64.5 cm³/mol. The minimum absolute atomic E-state index is 0.333. The summed E-state index contributed by atoms with van der Waals surface area (Å²) in [5.74, 6) is -0.333. The molecule has 5 nitrogen and oxygen atoms in total. The molecule has 98 valence electrons. The van der Waals surface area contributed by atoms with Gasteiger partial charge in [-0.1, -0.05) is 0 Å². The Morgan fingerprint density at radius 2 is 2.06 bits per heavy atom. The number of ether oxygens (including phenoxy) is 1. The maximum atomic E-state index is 12.2. The van der Waals surface area contributed by atoms with Crippen LogP contribution >= 0.6 is 0 Å². The Morgan fingerprint density at radius 1 is 1.35 bits per heavy atom. The van der Waals surface area contributed by atoms with Crippen molar-refractivity contribution in [1.82, 2.24) is 10.6 Å². The van der Waals surface area contributed by atoms with Gasteiger partial charge in [0.25, 0.3) is 0 Å². The van der Waals surface area contributed by atoms with E-state index in [9.17, 15) is 9.59 Å². The highest BCUT2D eigenvalue weighted by Crippen LogP contribution is 2.23. The predicted octanol–water partition coefficient (Wildman–Crippen LogP) is 0.586. The number of nitrogens with one attached hydrogen (secondary N) is 2. The van der Waals surface area contributed by atoms with Gasteiger partial charge in [0.1, 0.15) is 11.1 Å². The summed E-state index contributed by atoms with van der Waals surface area (Å²) in [6.45, 7) is 7.06. The first-order valence-electron chi connectivity index (χ1n) is 6.05. The van der Waals surface area contributed by atoms with Gasteiger partial charge in [-0.2, -0.15) is 0 Å². The van der Waals surface area contributed by atoms with Gasteiger partial charge in [-0.05, 0) is 53.1 Å². The van der Waals surface area contributed by atoms with Crippen LogP contribution in [0.4, 0.5) is 0 Å². The molecule has 1 amide bonds. The van der Waals surface area contributed by atoms with Crippen molar-refractivity contribution in [2.45, 2.75) is 51.2 Å². The van der Waals surface area contributed by atoms with Crippen molar-refractivity contribution in [3.8, 4) is 0 Å². The lowest BCUT2D eigenvalue weighted by atomic mass is 9.90. The van der Waals surface area contributed by atoms with Crippen LogP contribution < -0.4 is 10.6 Å². The molecular formula is C12H22N2O3. The molecule has 0 spiro atoms. The highest BCUT2D eigenvalue weighted by molar-refractivity contribution is 5.83. The summed E-state index contributed by atoms with van der Waals surface area (Å²) in [6, 6.07) is 0. The molecule has 1 aliphatic heterocycles. The Kier molecular flexibility index (Phi) is 4.51. The number of carbonyl (C=O) groups excluding carboxylic acids is 2. The first-order valence-corrected chi connectivity index (χ1v) is 6.05. The Labute approximate surface area is 102 Å². The molecule has 0 saturated carbocycles. The zero-order chi connectivity index (χ0) is 12.9. The molecule has 1 atom stereocenters. The van der Waals surface area contributed by atoms with Crippen LogP contribution in [0.1, 0.15) is 40.0 Å². The molecule has 0 aromatic rings. The number of hydrogen-bond donors (Lipinski definition) is 2. The molecule has 0 radical (unpaired) electrons. The van der Waals surface area contributed by atoms with E-state index in [0.717, 1.165) is 13.0 Å². The van der Waals surface area contributed by atoms with E-state index in [-0.39, 0.29) is 5.97 Å². The molecular weight excluding hydrogens is 220 g/mol. The van der Waals surface area contributed by atoms with Crippen LogP contribution in [0.5, 0.6) is 0 Å². The fourth-order valence-corrected chi connectivity index (χ4v) is 1.96. The number of esters is 1. The van der Waals surface area contributed by atoms with Gasteiger partial charge in [-0.15, -0.1) is 0 Å². The maximum absolute atomic E-state index is 12.2. The van der Waals surface area contributed by atoms with E-state index < -0.39 is 11.1 Å². The molecule has 1 rings (SSSR count). The van der Waals surface area contributed by atoms with Crippen molar-refractivity contribution in [2.24, 2.45) is 0 Å². The Morgan fingerprint density at radius 3 is 2.65 bits per heavy atom. The highest BCUT2D eigenvalue weighted by atomic mass is 16.6. The average Bonchev–Trinajstić information content (AvgIpc) is 2.42. The van der Waals surface area contributed by atoms with Crippen molar-refractivity contribution in [1.29, 1.82) is 0 Å². The van der Waals surface area contributed by atoms with Crippen molar-refractivity contribution >= 4 is 12.4 Å². The third-order valence-corrected chi connectivity index (χ3v) is 2.81. The minimum atomic E-state index is -0.863. The number of rotatable bonds is 3. The van der Waals surface area contributed by atoms with Crippen molar-refractivity contribution in [3.63, 3.8) is 0 Å². The monoisotopic (exact) mass is 242 g/mol. The first-order chi connectivity index (χ1) is 7.90. The topological polar surface area (TPSA) is 67.4 Å². The summed E-state index contributed by atoms with van der Waals surface area (Å²) in [5.41, 5.74) is -1.40. The zero-order valence-corrected chi connectivity index (χ0v) is 10.8. The Balaban J connectivity index is 2.81. The molecule has 5 heteroatoms. The lowest BCUT2D eigenvalue weighted by Crippen LogP contribution is -2.54. The molecule has 0 aromatic carbocycles. The van der Waals surface area contributed by atoms with Crippen LogP contribution in [-0.2, 0) is 14.3 Å². The SMILES string of the molecule is CC(C)(C)OC(=O)C1(NC=O)CCCNCC1. The lowest BCUT2D eigenvalue weighted by molar-refractivity contribution is -0.164. The minimum Gasteiger partial charge on any atom is -0.458 e. The van der Waals surface area contributed by atoms with Gasteiger partial charge in [0, 0.05) is 0 Å². The van der Waals surface area contributed by atoms with E-state index in [0.29, 0.717) is 25.8 Å². The van der Waals surface area contributed by atoms with Crippen molar-refractivity contribution in [3.05, 3.63) is 0 Å². The van der Waals surface area contributed by atoms with Gasteiger partial charge in [0.2, 0.25) is 6.41 Å². The highest BCUT2D eigenvalue weighted by Gasteiger charge is 2.41. The zero-order valence-electron chi connectivity index (χ0n) is 10.8. The van der Waals surface area contributed by atoms with Gasteiger partial charge < -0.3 is 15.4 Å². The number of carbonyl (C=O) groups is 2. The smallest absolute Gasteiger partial charge is 0.332 e. The second kappa shape index (κ2) is 5.49. The summed E-state index contributed by atoms with van der Waals surface area (Å²) in [5, 5.41) is 5.88. The molecule has 0 aliphatic carbocycles. The normalized spacial score (nSPS) is 25.8. The van der Waals surface area contributed by atoms with E-state index in [4.69, 9.17) is 4.74 Å². The van der Waals surface area contributed by atoms with Crippen LogP contribution in [0.25, 0.3) is 0 Å². The van der Waals surface area contributed by atoms with Crippen LogP contribution in [-0.4, -0.2) is 36.6 Å². The maximum Gasteiger partial charge on any atom is 0.332 e. The van der Waals surface area contributed by atoms with Gasteiger partial charge >= 0.3 is 5.97 Å². The molecule has 1 heterocycles. The summed E-state index contributed by atoms with van der Waals surface area (Å²) >= 11 is 0. The molecule has 1 aliphatic rings. The fourth-order valence-electron chi connectivity index (χ4n) is 1.96. The van der Waals surface area contributed by atoms with Gasteiger partial charge in [-0.3, -0.25) is 4.79 Å². The molecule has 1 unspecified atom stereocenters. The largest absolute Gasteiger partial charge is 0.458 e. The van der Waals surface area contributed by atoms with E-state index in [1.807, 2.05) is 20.8 Å². The quantitative estimate of drug-likeness (QED) is 0.561. The summed E-state index contributed by atoms with van der Waals surface area (Å²) in [4.78, 5) is 22.9. The van der Waals surface area contributed by atoms with Gasteiger partial charge in [0.05, 0.1) is 0 Å². The molecule has 1 fully saturated rings. The third kappa shape index (κ3) is 4.00.